The van der Waals surface area contributed by atoms with Crippen LogP contribution in [0.3, 0.4) is 0 Å². The number of amides is 2. The lowest BCUT2D eigenvalue weighted by atomic mass is 10.2. The van der Waals surface area contributed by atoms with E-state index in [1.54, 1.807) is 43.0 Å². The first kappa shape index (κ1) is 22.7. The number of carbonyl (C=O) groups excluding carboxylic acids is 2. The maximum atomic E-state index is 12.3. The highest BCUT2D eigenvalue weighted by atomic mass is 32.2. The van der Waals surface area contributed by atoms with Crippen molar-refractivity contribution in [2.75, 3.05) is 18.2 Å². The molecule has 32 heavy (non-hydrogen) atoms. The molecule has 0 spiro atoms. The van der Waals surface area contributed by atoms with E-state index in [0.717, 1.165) is 0 Å². The molecule has 3 aromatic rings. The highest BCUT2D eigenvalue weighted by molar-refractivity contribution is 7.99. The number of anilines is 1. The molecule has 0 aliphatic rings. The Labute approximate surface area is 187 Å². The van der Waals surface area contributed by atoms with E-state index >= 15 is 0 Å². The lowest BCUT2D eigenvalue weighted by molar-refractivity contribution is -0.384. The number of nitrogens with one attached hydrogen (secondary N) is 2. The van der Waals surface area contributed by atoms with Crippen molar-refractivity contribution in [3.63, 3.8) is 0 Å². The number of thioether (sulfide) groups is 1. The molecule has 166 valence electrons. The normalized spacial score (nSPS) is 10.4. The zero-order valence-electron chi connectivity index (χ0n) is 17.3. The third kappa shape index (κ3) is 5.82. The molecule has 2 aromatic carbocycles. The van der Waals surface area contributed by atoms with Crippen molar-refractivity contribution < 1.29 is 19.2 Å². The van der Waals surface area contributed by atoms with Crippen molar-refractivity contribution in [1.82, 2.24) is 20.1 Å². The van der Waals surface area contributed by atoms with Crippen LogP contribution in [0.15, 0.2) is 53.7 Å². The molecule has 0 radical (unpaired) electrons. The first-order valence-electron chi connectivity index (χ1n) is 9.35. The van der Waals surface area contributed by atoms with Crippen LogP contribution in [0.2, 0.25) is 0 Å². The standard InChI is InChI=1S/C20H20N6O5S/c1-25-17(11-21-19(28)13-5-3-7-15(9-13)26(29)30)23-24-20(25)32-12-18(27)22-14-6-4-8-16(10-14)31-2/h3-10H,11-12H2,1-2H3,(H,21,28)(H,22,27). The van der Waals surface area contributed by atoms with Gasteiger partial charge in [0.25, 0.3) is 11.6 Å². The molecule has 2 N–H and O–H groups in total. The van der Waals surface area contributed by atoms with Crippen molar-refractivity contribution in [2.45, 2.75) is 11.7 Å². The number of benzene rings is 2. The highest BCUT2D eigenvalue weighted by Crippen LogP contribution is 2.19. The maximum absolute atomic E-state index is 12.3. The fourth-order valence-corrected chi connectivity index (χ4v) is 3.40. The van der Waals surface area contributed by atoms with Crippen LogP contribution in [0.5, 0.6) is 5.75 Å². The van der Waals surface area contributed by atoms with Crippen molar-refractivity contribution in [3.8, 4) is 5.75 Å². The van der Waals surface area contributed by atoms with E-state index in [2.05, 4.69) is 20.8 Å². The fourth-order valence-electron chi connectivity index (χ4n) is 2.67. The zero-order valence-corrected chi connectivity index (χ0v) is 18.1. The topological polar surface area (TPSA) is 141 Å². The number of aromatic nitrogens is 3. The van der Waals surface area contributed by atoms with Crippen molar-refractivity contribution in [2.24, 2.45) is 7.05 Å². The Morgan fingerprint density at radius 2 is 1.97 bits per heavy atom. The number of non-ortho nitro benzene ring substituents is 1. The van der Waals surface area contributed by atoms with Gasteiger partial charge in [0, 0.05) is 36.5 Å². The van der Waals surface area contributed by atoms with Gasteiger partial charge in [-0.3, -0.25) is 19.7 Å². The zero-order chi connectivity index (χ0) is 23.1. The van der Waals surface area contributed by atoms with Crippen molar-refractivity contribution >= 4 is 35.0 Å². The Morgan fingerprint density at radius 3 is 2.72 bits per heavy atom. The second-order valence-electron chi connectivity index (χ2n) is 6.52. The van der Waals surface area contributed by atoms with Gasteiger partial charge in [-0.25, -0.2) is 0 Å². The molecule has 1 heterocycles. The second kappa shape index (κ2) is 10.4. The molecule has 1 aromatic heterocycles. The molecule has 0 bridgehead atoms. The average molecular weight is 456 g/mol. The average Bonchev–Trinajstić information content (AvgIpc) is 3.15. The third-order valence-corrected chi connectivity index (χ3v) is 5.36. The summed E-state index contributed by atoms with van der Waals surface area (Å²) in [5.41, 5.74) is 0.630. The van der Waals surface area contributed by atoms with Gasteiger partial charge >= 0.3 is 0 Å². The van der Waals surface area contributed by atoms with Crippen LogP contribution in [0, 0.1) is 10.1 Å². The van der Waals surface area contributed by atoms with Crippen LogP contribution < -0.4 is 15.4 Å². The second-order valence-corrected chi connectivity index (χ2v) is 7.46. The number of nitro benzene ring substituents is 1. The smallest absolute Gasteiger partial charge is 0.270 e. The largest absolute Gasteiger partial charge is 0.497 e. The van der Waals surface area contributed by atoms with E-state index in [4.69, 9.17) is 4.74 Å². The number of carbonyl (C=O) groups is 2. The summed E-state index contributed by atoms with van der Waals surface area (Å²) in [5, 5.41) is 24.9. The number of hydrogen-bond donors (Lipinski definition) is 2. The van der Waals surface area contributed by atoms with Gasteiger partial charge in [0.2, 0.25) is 5.91 Å². The highest BCUT2D eigenvalue weighted by Gasteiger charge is 2.15. The number of hydrogen-bond acceptors (Lipinski definition) is 8. The minimum Gasteiger partial charge on any atom is -0.497 e. The lowest BCUT2D eigenvalue weighted by Gasteiger charge is -2.07. The quantitative estimate of drug-likeness (QED) is 0.284. The molecule has 3 rings (SSSR count). The summed E-state index contributed by atoms with van der Waals surface area (Å²) in [6.45, 7) is 0.0710. The van der Waals surface area contributed by atoms with Gasteiger partial charge in [0.05, 0.1) is 24.3 Å². The van der Waals surface area contributed by atoms with Crippen molar-refractivity contribution in [3.05, 3.63) is 70.0 Å². The van der Waals surface area contributed by atoms with E-state index < -0.39 is 10.8 Å². The molecule has 2 amide bonds. The summed E-state index contributed by atoms with van der Waals surface area (Å²) in [6.07, 6.45) is 0. The monoisotopic (exact) mass is 456 g/mol. The van der Waals surface area contributed by atoms with E-state index in [9.17, 15) is 19.7 Å². The Bertz CT molecular complexity index is 1150. The molecule has 0 aliphatic carbocycles. The first-order valence-corrected chi connectivity index (χ1v) is 10.3. The van der Waals surface area contributed by atoms with Gasteiger partial charge in [0.1, 0.15) is 5.75 Å². The Hall–Kier alpha value is -3.93. The molecular weight excluding hydrogens is 436 g/mol. The Kier molecular flexibility index (Phi) is 7.39. The summed E-state index contributed by atoms with van der Waals surface area (Å²) in [5.74, 6) is 0.541. The van der Waals surface area contributed by atoms with E-state index in [1.165, 1.54) is 36.0 Å². The molecule has 0 saturated heterocycles. The van der Waals surface area contributed by atoms with Crippen LogP contribution in [0.4, 0.5) is 11.4 Å². The van der Waals surface area contributed by atoms with Crippen LogP contribution >= 0.6 is 11.8 Å². The number of methoxy groups -OCH3 is 1. The van der Waals surface area contributed by atoms with Crippen molar-refractivity contribution in [1.29, 1.82) is 0 Å². The van der Waals surface area contributed by atoms with Crippen LogP contribution in [-0.2, 0) is 18.4 Å². The molecule has 0 saturated carbocycles. The van der Waals surface area contributed by atoms with Gasteiger partial charge in [0.15, 0.2) is 11.0 Å². The predicted molar refractivity (Wildman–Crippen MR) is 118 cm³/mol. The SMILES string of the molecule is COc1cccc(NC(=O)CSc2nnc(CNC(=O)c3cccc([N+](=O)[O-])c3)n2C)c1. The van der Waals surface area contributed by atoms with Gasteiger partial charge < -0.3 is 19.9 Å². The van der Waals surface area contributed by atoms with Gasteiger partial charge in [-0.1, -0.05) is 23.9 Å². The summed E-state index contributed by atoms with van der Waals surface area (Å²) < 4.78 is 6.79. The lowest BCUT2D eigenvalue weighted by Crippen LogP contribution is -2.24. The number of nitrogens with zero attached hydrogens (tertiary/aromatic N) is 4. The molecule has 11 nitrogen and oxygen atoms in total. The van der Waals surface area contributed by atoms with E-state index in [1.807, 2.05) is 0 Å². The molecule has 0 atom stereocenters. The van der Waals surface area contributed by atoms with E-state index in [0.29, 0.717) is 22.4 Å². The Balaban J connectivity index is 1.53. The summed E-state index contributed by atoms with van der Waals surface area (Å²) >= 11 is 1.20. The van der Waals surface area contributed by atoms with Crippen LogP contribution in [-0.4, -0.2) is 44.4 Å². The van der Waals surface area contributed by atoms with Gasteiger partial charge in [-0.2, -0.15) is 0 Å². The fraction of sp³-hybridized carbons (Fsp3) is 0.200. The molecule has 0 unspecified atom stereocenters. The number of nitro groups is 1. The maximum Gasteiger partial charge on any atom is 0.270 e. The van der Waals surface area contributed by atoms with E-state index in [-0.39, 0.29) is 29.5 Å². The summed E-state index contributed by atoms with van der Waals surface area (Å²) in [7, 11) is 3.27. The predicted octanol–water partition coefficient (Wildman–Crippen LogP) is 2.39. The van der Waals surface area contributed by atoms with Crippen LogP contribution in [0.1, 0.15) is 16.2 Å². The summed E-state index contributed by atoms with van der Waals surface area (Å²) in [6, 6.07) is 12.5. The van der Waals surface area contributed by atoms with Gasteiger partial charge in [-0.05, 0) is 18.2 Å². The van der Waals surface area contributed by atoms with Crippen LogP contribution in [0.25, 0.3) is 0 Å². The number of ether oxygens (including phenoxy) is 1. The minimum atomic E-state index is -0.562. The molecule has 0 fully saturated rings. The third-order valence-electron chi connectivity index (χ3n) is 4.34. The molecular formula is C20H20N6O5S. The molecule has 0 aliphatic heterocycles. The number of rotatable bonds is 9. The minimum absolute atomic E-state index is 0.0710. The summed E-state index contributed by atoms with van der Waals surface area (Å²) in [4.78, 5) is 34.8. The molecule has 12 heteroatoms. The first-order chi connectivity index (χ1) is 15.4. The Morgan fingerprint density at radius 1 is 1.19 bits per heavy atom. The van der Waals surface area contributed by atoms with Gasteiger partial charge in [-0.15, -0.1) is 10.2 Å².